The molecule has 0 unspecified atom stereocenters. The SMILES string of the molecule is CCCCCCCCNC(C)=S. The van der Waals surface area contributed by atoms with Crippen LogP contribution in [0.15, 0.2) is 0 Å². The van der Waals surface area contributed by atoms with Gasteiger partial charge < -0.3 is 5.32 Å². The van der Waals surface area contributed by atoms with Crippen LogP contribution in [0.3, 0.4) is 0 Å². The van der Waals surface area contributed by atoms with Gasteiger partial charge in [-0.2, -0.15) is 0 Å². The van der Waals surface area contributed by atoms with Crippen LogP contribution in [0.25, 0.3) is 0 Å². The van der Waals surface area contributed by atoms with E-state index in [9.17, 15) is 0 Å². The molecule has 0 amide bonds. The molecule has 0 saturated carbocycles. The summed E-state index contributed by atoms with van der Waals surface area (Å²) in [5.74, 6) is 0. The summed E-state index contributed by atoms with van der Waals surface area (Å²) in [5.41, 5.74) is 0. The van der Waals surface area contributed by atoms with Gasteiger partial charge in [0.25, 0.3) is 0 Å². The fourth-order valence-corrected chi connectivity index (χ4v) is 1.27. The van der Waals surface area contributed by atoms with Crippen molar-refractivity contribution in [1.29, 1.82) is 0 Å². The van der Waals surface area contributed by atoms with Crippen LogP contribution in [-0.4, -0.2) is 11.5 Å². The average Bonchev–Trinajstić information content (AvgIpc) is 2.02. The predicted molar refractivity (Wildman–Crippen MR) is 59.7 cm³/mol. The Labute approximate surface area is 81.9 Å². The van der Waals surface area contributed by atoms with E-state index >= 15 is 0 Å². The molecule has 72 valence electrons. The summed E-state index contributed by atoms with van der Waals surface area (Å²) in [6.45, 7) is 5.24. The normalized spacial score (nSPS) is 9.83. The van der Waals surface area contributed by atoms with Crippen molar-refractivity contribution in [2.45, 2.75) is 52.4 Å². The van der Waals surface area contributed by atoms with E-state index in [4.69, 9.17) is 12.2 Å². The van der Waals surface area contributed by atoms with Gasteiger partial charge in [-0.1, -0.05) is 51.2 Å². The lowest BCUT2D eigenvalue weighted by Crippen LogP contribution is -2.18. The molecule has 1 nitrogen and oxygen atoms in total. The van der Waals surface area contributed by atoms with E-state index in [1.165, 1.54) is 38.5 Å². The third kappa shape index (κ3) is 9.89. The Hall–Kier alpha value is -0.110. The van der Waals surface area contributed by atoms with E-state index in [2.05, 4.69) is 12.2 Å². The van der Waals surface area contributed by atoms with E-state index in [1.54, 1.807) is 0 Å². The summed E-state index contributed by atoms with van der Waals surface area (Å²) in [7, 11) is 0. The summed E-state index contributed by atoms with van der Waals surface area (Å²) in [4.78, 5) is 0.920. The largest absolute Gasteiger partial charge is 0.380 e. The molecular formula is C10H21NS. The van der Waals surface area contributed by atoms with E-state index in [0.717, 1.165) is 11.5 Å². The maximum atomic E-state index is 4.90. The second kappa shape index (κ2) is 8.98. The first-order valence-corrected chi connectivity index (χ1v) is 5.42. The lowest BCUT2D eigenvalue weighted by molar-refractivity contribution is 0.603. The lowest BCUT2D eigenvalue weighted by Gasteiger charge is -2.02. The Balaban J connectivity index is 2.86. The van der Waals surface area contributed by atoms with Gasteiger partial charge in [0.05, 0.1) is 4.99 Å². The Morgan fingerprint density at radius 2 is 1.67 bits per heavy atom. The van der Waals surface area contributed by atoms with Crippen molar-refractivity contribution >= 4 is 17.2 Å². The first-order chi connectivity index (χ1) is 5.77. The molecule has 0 aromatic carbocycles. The molecule has 0 aromatic heterocycles. The third-order valence-electron chi connectivity index (χ3n) is 1.90. The molecule has 0 atom stereocenters. The van der Waals surface area contributed by atoms with E-state index in [1.807, 2.05) is 6.92 Å². The number of unbranched alkanes of at least 4 members (excludes halogenated alkanes) is 5. The topological polar surface area (TPSA) is 12.0 Å². The monoisotopic (exact) mass is 187 g/mol. The second-order valence-corrected chi connectivity index (χ2v) is 3.86. The molecule has 0 bridgehead atoms. The summed E-state index contributed by atoms with van der Waals surface area (Å²) in [6.07, 6.45) is 8.10. The quantitative estimate of drug-likeness (QED) is 0.485. The number of rotatable bonds is 7. The van der Waals surface area contributed by atoms with Gasteiger partial charge in [-0.25, -0.2) is 0 Å². The molecule has 0 spiro atoms. The van der Waals surface area contributed by atoms with Gasteiger partial charge in [0.15, 0.2) is 0 Å². The highest BCUT2D eigenvalue weighted by atomic mass is 32.1. The number of thiocarbonyl (C=S) groups is 1. The van der Waals surface area contributed by atoms with Gasteiger partial charge in [-0.15, -0.1) is 0 Å². The van der Waals surface area contributed by atoms with Crippen LogP contribution in [0.1, 0.15) is 52.4 Å². The van der Waals surface area contributed by atoms with E-state index in [0.29, 0.717) is 0 Å². The zero-order valence-electron chi connectivity index (χ0n) is 8.36. The predicted octanol–water partition coefficient (Wildman–Crippen LogP) is 3.28. The minimum absolute atomic E-state index is 0.920. The fourth-order valence-electron chi connectivity index (χ4n) is 1.17. The molecule has 12 heavy (non-hydrogen) atoms. The van der Waals surface area contributed by atoms with E-state index in [-0.39, 0.29) is 0 Å². The molecule has 1 N–H and O–H groups in total. The van der Waals surface area contributed by atoms with Crippen LogP contribution in [-0.2, 0) is 0 Å². The molecule has 0 aliphatic rings. The molecule has 0 rings (SSSR count). The van der Waals surface area contributed by atoms with Crippen LogP contribution >= 0.6 is 12.2 Å². The third-order valence-corrected chi connectivity index (χ3v) is 2.05. The number of hydrogen-bond acceptors (Lipinski definition) is 1. The van der Waals surface area contributed by atoms with Gasteiger partial charge >= 0.3 is 0 Å². The molecule has 0 aromatic rings. The number of hydrogen-bond donors (Lipinski definition) is 1. The molecule has 2 heteroatoms. The minimum atomic E-state index is 0.920. The Bertz CT molecular complexity index is 112. The Morgan fingerprint density at radius 1 is 1.08 bits per heavy atom. The average molecular weight is 187 g/mol. The van der Waals surface area contributed by atoms with Gasteiger partial charge in [0, 0.05) is 6.54 Å². The van der Waals surface area contributed by atoms with Crippen molar-refractivity contribution in [3.05, 3.63) is 0 Å². The molecule has 0 aliphatic carbocycles. The number of nitrogens with one attached hydrogen (secondary N) is 1. The highest BCUT2D eigenvalue weighted by molar-refractivity contribution is 7.80. The first kappa shape index (κ1) is 11.9. The van der Waals surface area contributed by atoms with Crippen molar-refractivity contribution in [2.75, 3.05) is 6.54 Å². The van der Waals surface area contributed by atoms with E-state index < -0.39 is 0 Å². The van der Waals surface area contributed by atoms with Gasteiger partial charge in [0.1, 0.15) is 0 Å². The van der Waals surface area contributed by atoms with Crippen LogP contribution in [0.5, 0.6) is 0 Å². The summed E-state index contributed by atoms with van der Waals surface area (Å²) < 4.78 is 0. The van der Waals surface area contributed by atoms with Crippen molar-refractivity contribution in [3.63, 3.8) is 0 Å². The highest BCUT2D eigenvalue weighted by Crippen LogP contribution is 2.03. The van der Waals surface area contributed by atoms with Crippen molar-refractivity contribution < 1.29 is 0 Å². The van der Waals surface area contributed by atoms with Crippen LogP contribution in [0.2, 0.25) is 0 Å². The van der Waals surface area contributed by atoms with Gasteiger partial charge in [-0.05, 0) is 13.3 Å². The molecule has 0 fully saturated rings. The van der Waals surface area contributed by atoms with Crippen LogP contribution < -0.4 is 5.32 Å². The Kier molecular flexibility index (Phi) is 8.90. The molecule has 0 aliphatic heterocycles. The Morgan fingerprint density at radius 3 is 2.25 bits per heavy atom. The van der Waals surface area contributed by atoms with Crippen LogP contribution in [0.4, 0.5) is 0 Å². The first-order valence-electron chi connectivity index (χ1n) is 5.01. The summed E-state index contributed by atoms with van der Waals surface area (Å²) >= 11 is 4.90. The van der Waals surface area contributed by atoms with Crippen molar-refractivity contribution in [3.8, 4) is 0 Å². The zero-order chi connectivity index (χ0) is 9.23. The van der Waals surface area contributed by atoms with Gasteiger partial charge in [0.2, 0.25) is 0 Å². The smallest absolute Gasteiger partial charge is 0.0721 e. The maximum Gasteiger partial charge on any atom is 0.0721 e. The minimum Gasteiger partial charge on any atom is -0.380 e. The summed E-state index contributed by atoms with van der Waals surface area (Å²) in [6, 6.07) is 0. The van der Waals surface area contributed by atoms with Crippen molar-refractivity contribution in [2.24, 2.45) is 0 Å². The zero-order valence-corrected chi connectivity index (χ0v) is 9.17. The molecule has 0 heterocycles. The van der Waals surface area contributed by atoms with Crippen LogP contribution in [0, 0.1) is 0 Å². The fraction of sp³-hybridized carbons (Fsp3) is 0.900. The van der Waals surface area contributed by atoms with Crippen molar-refractivity contribution in [1.82, 2.24) is 5.32 Å². The molecule has 0 saturated heterocycles. The lowest BCUT2D eigenvalue weighted by atomic mass is 10.1. The standard InChI is InChI=1S/C10H21NS/c1-3-4-5-6-7-8-9-11-10(2)12/h3-9H2,1-2H3,(H,11,12). The van der Waals surface area contributed by atoms with Gasteiger partial charge in [-0.3, -0.25) is 0 Å². The second-order valence-electron chi connectivity index (χ2n) is 3.25. The highest BCUT2D eigenvalue weighted by Gasteiger charge is 1.89. The molecule has 0 radical (unpaired) electrons. The maximum absolute atomic E-state index is 4.90. The summed E-state index contributed by atoms with van der Waals surface area (Å²) in [5, 5.41) is 3.17. The molecular weight excluding hydrogens is 166 g/mol.